The van der Waals surface area contributed by atoms with Crippen LogP contribution in [0, 0.1) is 5.82 Å². The molecule has 0 saturated carbocycles. The van der Waals surface area contributed by atoms with Crippen molar-refractivity contribution in [1.82, 2.24) is 19.4 Å². The second kappa shape index (κ2) is 7.06. The number of hydrogen-bond acceptors (Lipinski definition) is 4. The highest BCUT2D eigenvalue weighted by Gasteiger charge is 2.24. The Morgan fingerprint density at radius 2 is 2.12 bits per heavy atom. The van der Waals surface area contributed by atoms with Crippen molar-refractivity contribution in [1.29, 1.82) is 0 Å². The molecule has 130 valence electrons. The van der Waals surface area contributed by atoms with E-state index >= 15 is 0 Å². The van der Waals surface area contributed by atoms with Gasteiger partial charge in [-0.1, -0.05) is 0 Å². The fraction of sp³-hybridized carbons (Fsp3) is 0.368. The van der Waals surface area contributed by atoms with Crippen molar-refractivity contribution in [2.45, 2.75) is 25.3 Å². The van der Waals surface area contributed by atoms with E-state index < -0.39 is 0 Å². The van der Waals surface area contributed by atoms with Crippen LogP contribution in [-0.4, -0.2) is 32.5 Å². The molecule has 4 nitrogen and oxygen atoms in total. The quantitative estimate of drug-likeness (QED) is 0.707. The minimum Gasteiger partial charge on any atom is -0.338 e. The van der Waals surface area contributed by atoms with E-state index in [1.54, 1.807) is 23.5 Å². The van der Waals surface area contributed by atoms with E-state index in [-0.39, 0.29) is 5.82 Å². The number of thiazole rings is 1. The van der Waals surface area contributed by atoms with Gasteiger partial charge < -0.3 is 4.57 Å². The van der Waals surface area contributed by atoms with Crippen LogP contribution in [0.3, 0.4) is 0 Å². The van der Waals surface area contributed by atoms with Gasteiger partial charge >= 0.3 is 0 Å². The minimum atomic E-state index is -0.215. The summed E-state index contributed by atoms with van der Waals surface area (Å²) >= 11 is 1.68. The van der Waals surface area contributed by atoms with E-state index in [1.807, 2.05) is 12.4 Å². The Bertz CT molecular complexity index is 839. The van der Waals surface area contributed by atoms with Crippen molar-refractivity contribution in [2.24, 2.45) is 7.05 Å². The first kappa shape index (κ1) is 16.4. The smallest absolute Gasteiger partial charge is 0.123 e. The molecule has 6 heteroatoms. The van der Waals surface area contributed by atoms with E-state index in [2.05, 4.69) is 26.9 Å². The predicted molar refractivity (Wildman–Crippen MR) is 98.0 cm³/mol. The van der Waals surface area contributed by atoms with Crippen LogP contribution in [0.5, 0.6) is 0 Å². The van der Waals surface area contributed by atoms with Gasteiger partial charge in [-0.25, -0.2) is 14.4 Å². The normalized spacial score (nSPS) is 18.6. The number of aromatic nitrogens is 3. The molecular weight excluding hydrogens is 335 g/mol. The molecule has 0 bridgehead atoms. The molecule has 1 saturated heterocycles. The van der Waals surface area contributed by atoms with E-state index in [4.69, 9.17) is 4.98 Å². The van der Waals surface area contributed by atoms with E-state index in [0.29, 0.717) is 5.92 Å². The summed E-state index contributed by atoms with van der Waals surface area (Å²) in [7, 11) is 2.07. The number of likely N-dealkylation sites (tertiary alicyclic amines) is 1. The number of piperidine rings is 1. The summed E-state index contributed by atoms with van der Waals surface area (Å²) < 4.78 is 15.2. The Hall–Kier alpha value is -2.05. The highest BCUT2D eigenvalue weighted by Crippen LogP contribution is 2.28. The van der Waals surface area contributed by atoms with E-state index in [1.165, 1.54) is 30.8 Å². The van der Waals surface area contributed by atoms with Crippen molar-refractivity contribution < 1.29 is 4.39 Å². The molecule has 4 rings (SSSR count). The average molecular weight is 356 g/mol. The first-order chi connectivity index (χ1) is 12.2. The van der Waals surface area contributed by atoms with Crippen LogP contribution < -0.4 is 0 Å². The average Bonchev–Trinajstić information content (AvgIpc) is 3.25. The summed E-state index contributed by atoms with van der Waals surface area (Å²) in [6, 6.07) is 6.53. The van der Waals surface area contributed by atoms with Crippen molar-refractivity contribution in [2.75, 3.05) is 13.1 Å². The van der Waals surface area contributed by atoms with Crippen molar-refractivity contribution >= 4 is 11.3 Å². The number of benzene rings is 1. The third-order valence-corrected chi connectivity index (χ3v) is 5.61. The number of rotatable bonds is 4. The molecule has 1 aromatic carbocycles. The van der Waals surface area contributed by atoms with Crippen LogP contribution >= 0.6 is 11.3 Å². The third-order valence-electron chi connectivity index (χ3n) is 4.78. The summed E-state index contributed by atoms with van der Waals surface area (Å²) in [5, 5.41) is 3.17. The standard InChI is InChI=1S/C19H21FN4S/c1-23-10-8-21-19(23)15-3-2-9-24(11-15)12-18-22-17(13-25-18)14-4-6-16(20)7-5-14/h4-8,10,13,15H,2-3,9,11-12H2,1H3/t15-/m0/s1. The van der Waals surface area contributed by atoms with Gasteiger partial charge in [-0.3, -0.25) is 4.90 Å². The number of nitrogens with zero attached hydrogens (tertiary/aromatic N) is 4. The van der Waals surface area contributed by atoms with Gasteiger partial charge in [0.1, 0.15) is 16.6 Å². The molecule has 2 aromatic heterocycles. The van der Waals surface area contributed by atoms with Gasteiger partial charge in [0.25, 0.3) is 0 Å². The molecule has 0 unspecified atom stereocenters. The fourth-order valence-electron chi connectivity index (χ4n) is 3.51. The zero-order valence-electron chi connectivity index (χ0n) is 14.2. The number of imidazole rings is 1. The molecule has 25 heavy (non-hydrogen) atoms. The Kier molecular flexibility index (Phi) is 4.63. The summed E-state index contributed by atoms with van der Waals surface area (Å²) in [6.45, 7) is 3.00. The molecule has 0 radical (unpaired) electrons. The maximum Gasteiger partial charge on any atom is 0.123 e. The zero-order valence-corrected chi connectivity index (χ0v) is 15.0. The van der Waals surface area contributed by atoms with E-state index in [9.17, 15) is 4.39 Å². The summed E-state index contributed by atoms with van der Waals surface area (Å²) in [5.74, 6) is 1.45. The zero-order chi connectivity index (χ0) is 17.2. The number of halogens is 1. The molecule has 1 aliphatic rings. The summed E-state index contributed by atoms with van der Waals surface area (Å²) in [6.07, 6.45) is 6.28. The first-order valence-corrected chi connectivity index (χ1v) is 9.47. The van der Waals surface area contributed by atoms with Crippen molar-refractivity contribution in [3.63, 3.8) is 0 Å². The molecule has 0 spiro atoms. The molecule has 3 aromatic rings. The molecule has 1 aliphatic heterocycles. The Balaban J connectivity index is 1.44. The SMILES string of the molecule is Cn1ccnc1[C@H]1CCCN(Cc2nc(-c3ccc(F)cc3)cs2)C1. The first-order valence-electron chi connectivity index (χ1n) is 8.59. The highest BCUT2D eigenvalue weighted by atomic mass is 32.1. The maximum atomic E-state index is 13.1. The maximum absolute atomic E-state index is 13.1. The van der Waals surface area contributed by atoms with Crippen LogP contribution in [0.15, 0.2) is 42.0 Å². The van der Waals surface area contributed by atoms with Crippen molar-refractivity contribution in [3.8, 4) is 11.3 Å². The monoisotopic (exact) mass is 356 g/mol. The second-order valence-electron chi connectivity index (χ2n) is 6.60. The third kappa shape index (κ3) is 3.65. The molecule has 1 atom stereocenters. The lowest BCUT2D eigenvalue weighted by molar-refractivity contribution is 0.195. The lowest BCUT2D eigenvalue weighted by atomic mass is 9.97. The van der Waals surface area contributed by atoms with Crippen LogP contribution in [-0.2, 0) is 13.6 Å². The van der Waals surface area contributed by atoms with E-state index in [0.717, 1.165) is 35.9 Å². The van der Waals surface area contributed by atoms with Gasteiger partial charge in [-0.05, 0) is 43.7 Å². The van der Waals surface area contributed by atoms with Gasteiger partial charge in [-0.15, -0.1) is 11.3 Å². The van der Waals surface area contributed by atoms with Crippen LogP contribution in [0.4, 0.5) is 4.39 Å². The molecule has 0 aliphatic carbocycles. The van der Waals surface area contributed by atoms with Gasteiger partial charge in [0.05, 0.1) is 12.2 Å². The fourth-order valence-corrected chi connectivity index (χ4v) is 4.35. The highest BCUT2D eigenvalue weighted by molar-refractivity contribution is 7.09. The topological polar surface area (TPSA) is 34.0 Å². The minimum absolute atomic E-state index is 0.215. The van der Waals surface area contributed by atoms with Crippen LogP contribution in [0.25, 0.3) is 11.3 Å². The molecule has 1 fully saturated rings. The summed E-state index contributed by atoms with van der Waals surface area (Å²) in [4.78, 5) is 11.7. The van der Waals surface area contributed by atoms with Gasteiger partial charge in [0.2, 0.25) is 0 Å². The van der Waals surface area contributed by atoms with Gasteiger partial charge in [0.15, 0.2) is 0 Å². The van der Waals surface area contributed by atoms with Gasteiger partial charge in [0, 0.05) is 42.8 Å². The van der Waals surface area contributed by atoms with Crippen LogP contribution in [0.2, 0.25) is 0 Å². The predicted octanol–water partition coefficient (Wildman–Crippen LogP) is 4.06. The Morgan fingerprint density at radius 1 is 1.28 bits per heavy atom. The number of aryl methyl sites for hydroxylation is 1. The molecule has 0 N–H and O–H groups in total. The lowest BCUT2D eigenvalue weighted by Gasteiger charge is -2.31. The molecular formula is C19H21FN4S. The van der Waals surface area contributed by atoms with Gasteiger partial charge in [-0.2, -0.15) is 0 Å². The largest absolute Gasteiger partial charge is 0.338 e. The van der Waals surface area contributed by atoms with Crippen molar-refractivity contribution in [3.05, 3.63) is 58.7 Å². The van der Waals surface area contributed by atoms with Crippen LogP contribution in [0.1, 0.15) is 29.6 Å². The molecule has 3 heterocycles. The molecule has 0 amide bonds. The lowest BCUT2D eigenvalue weighted by Crippen LogP contribution is -2.34. The Labute approximate surface area is 151 Å². The second-order valence-corrected chi connectivity index (χ2v) is 7.55. The Morgan fingerprint density at radius 3 is 2.88 bits per heavy atom. The summed E-state index contributed by atoms with van der Waals surface area (Å²) in [5.41, 5.74) is 1.89. The number of hydrogen-bond donors (Lipinski definition) is 0.